The molecule has 2 aromatic rings. The maximum Gasteiger partial charge on any atom is 0.252 e. The van der Waals surface area contributed by atoms with Crippen LogP contribution in [0.5, 0.6) is 11.5 Å². The van der Waals surface area contributed by atoms with Gasteiger partial charge in [-0.3, -0.25) is 0 Å². The van der Waals surface area contributed by atoms with Crippen LogP contribution in [0.25, 0.3) is 0 Å². The van der Waals surface area contributed by atoms with E-state index in [9.17, 15) is 8.42 Å². The first kappa shape index (κ1) is 19.6. The van der Waals surface area contributed by atoms with Gasteiger partial charge in [-0.05, 0) is 31.9 Å². The number of methoxy groups -OCH3 is 2. The molecule has 9 nitrogen and oxygen atoms in total. The lowest BCUT2D eigenvalue weighted by Crippen LogP contribution is -2.31. The van der Waals surface area contributed by atoms with Gasteiger partial charge in [-0.1, -0.05) is 5.16 Å². The van der Waals surface area contributed by atoms with E-state index in [1.165, 1.54) is 24.6 Å². The largest absolute Gasteiger partial charge is 0.497 e. The van der Waals surface area contributed by atoms with Gasteiger partial charge in [0.2, 0.25) is 10.0 Å². The zero-order chi connectivity index (χ0) is 19.4. The number of hydrogen-bond acceptors (Lipinski definition) is 8. The average molecular weight is 397 g/mol. The van der Waals surface area contributed by atoms with Crippen LogP contribution in [0.15, 0.2) is 27.6 Å². The van der Waals surface area contributed by atoms with Gasteiger partial charge < -0.3 is 18.7 Å². The molecule has 0 bridgehead atoms. The fraction of sp³-hybridized carbons (Fsp3) is 0.529. The third kappa shape index (κ3) is 3.92. The van der Waals surface area contributed by atoms with E-state index in [-0.39, 0.29) is 17.3 Å². The van der Waals surface area contributed by atoms with Crippen LogP contribution in [-0.4, -0.2) is 50.2 Å². The van der Waals surface area contributed by atoms with Gasteiger partial charge in [-0.15, -0.1) is 0 Å². The second kappa shape index (κ2) is 8.24. The van der Waals surface area contributed by atoms with Crippen molar-refractivity contribution >= 4 is 10.0 Å². The van der Waals surface area contributed by atoms with Crippen molar-refractivity contribution in [2.45, 2.75) is 37.3 Å². The van der Waals surface area contributed by atoms with Crippen LogP contribution in [0.3, 0.4) is 0 Å². The molecule has 0 unspecified atom stereocenters. The molecule has 10 heteroatoms. The Morgan fingerprint density at radius 3 is 2.81 bits per heavy atom. The summed E-state index contributed by atoms with van der Waals surface area (Å²) in [5.41, 5.74) is 0. The number of nitrogens with zero attached hydrogens (tertiary/aromatic N) is 3. The molecule has 1 aliphatic heterocycles. The van der Waals surface area contributed by atoms with Crippen LogP contribution < -0.4 is 9.47 Å². The number of aromatic nitrogens is 2. The van der Waals surface area contributed by atoms with Crippen molar-refractivity contribution in [2.75, 3.05) is 27.4 Å². The summed E-state index contributed by atoms with van der Waals surface area (Å²) in [5, 5.41) is 3.96. The fourth-order valence-electron chi connectivity index (χ4n) is 3.05. The van der Waals surface area contributed by atoms with E-state index in [0.717, 1.165) is 0 Å². The molecule has 0 saturated carbocycles. The number of benzene rings is 1. The van der Waals surface area contributed by atoms with Gasteiger partial charge in [0.05, 0.1) is 20.3 Å². The van der Waals surface area contributed by atoms with Gasteiger partial charge in [0.15, 0.2) is 5.82 Å². The van der Waals surface area contributed by atoms with Gasteiger partial charge in [-0.2, -0.15) is 9.29 Å². The molecule has 0 N–H and O–H groups in total. The summed E-state index contributed by atoms with van der Waals surface area (Å²) in [6.07, 6.45) is 1.31. The second-order valence-electron chi connectivity index (χ2n) is 5.97. The van der Waals surface area contributed by atoms with E-state index in [2.05, 4.69) is 10.1 Å². The minimum Gasteiger partial charge on any atom is -0.497 e. The van der Waals surface area contributed by atoms with Crippen LogP contribution in [0.4, 0.5) is 0 Å². The lowest BCUT2D eigenvalue weighted by Gasteiger charge is -2.23. The van der Waals surface area contributed by atoms with Gasteiger partial charge >= 0.3 is 0 Å². The van der Waals surface area contributed by atoms with Crippen molar-refractivity contribution in [1.82, 2.24) is 14.4 Å². The Morgan fingerprint density at radius 2 is 2.11 bits per heavy atom. The van der Waals surface area contributed by atoms with E-state index in [1.54, 1.807) is 12.1 Å². The first-order valence-electron chi connectivity index (χ1n) is 8.65. The molecule has 1 fully saturated rings. The minimum absolute atomic E-state index is 0.0503. The Balaban J connectivity index is 1.93. The van der Waals surface area contributed by atoms with E-state index >= 15 is 0 Å². The first-order valence-corrected chi connectivity index (χ1v) is 10.1. The first-order chi connectivity index (χ1) is 13.0. The number of sulfonamides is 1. The molecule has 1 aliphatic rings. The van der Waals surface area contributed by atoms with Gasteiger partial charge in [-0.25, -0.2) is 8.42 Å². The molecule has 3 rings (SSSR count). The summed E-state index contributed by atoms with van der Waals surface area (Å²) < 4.78 is 48.9. The molecule has 2 heterocycles. The van der Waals surface area contributed by atoms with E-state index in [1.807, 2.05) is 6.92 Å². The number of rotatable bonds is 8. The summed E-state index contributed by atoms with van der Waals surface area (Å²) in [6, 6.07) is 4.19. The highest BCUT2D eigenvalue weighted by Gasteiger charge is 2.40. The van der Waals surface area contributed by atoms with Crippen molar-refractivity contribution in [2.24, 2.45) is 0 Å². The highest BCUT2D eigenvalue weighted by molar-refractivity contribution is 7.89. The van der Waals surface area contributed by atoms with Crippen molar-refractivity contribution in [3.8, 4) is 11.5 Å². The highest BCUT2D eigenvalue weighted by atomic mass is 32.2. The van der Waals surface area contributed by atoms with Crippen LogP contribution in [-0.2, 0) is 21.4 Å². The van der Waals surface area contributed by atoms with Crippen LogP contribution in [0, 0.1) is 0 Å². The Hall–Kier alpha value is -2.17. The Labute approximate surface area is 158 Å². The zero-order valence-electron chi connectivity index (χ0n) is 15.5. The molecule has 27 heavy (non-hydrogen) atoms. The van der Waals surface area contributed by atoms with Gasteiger partial charge in [0.25, 0.3) is 5.89 Å². The number of ether oxygens (including phenoxy) is 3. The molecule has 1 aromatic carbocycles. The molecule has 0 spiro atoms. The molecule has 0 aliphatic carbocycles. The van der Waals surface area contributed by atoms with Crippen molar-refractivity contribution in [3.63, 3.8) is 0 Å². The third-order valence-corrected chi connectivity index (χ3v) is 6.30. The predicted molar refractivity (Wildman–Crippen MR) is 95.0 cm³/mol. The summed E-state index contributed by atoms with van der Waals surface area (Å²) in [7, 11) is -0.929. The molecular formula is C17H23N3O6S. The molecular weight excluding hydrogens is 374 g/mol. The van der Waals surface area contributed by atoms with Crippen molar-refractivity contribution < 1.29 is 27.2 Å². The molecule has 148 valence electrons. The van der Waals surface area contributed by atoms with Gasteiger partial charge in [0, 0.05) is 19.2 Å². The molecule has 1 saturated heterocycles. The maximum absolute atomic E-state index is 13.3. The second-order valence-corrected chi connectivity index (χ2v) is 7.83. The maximum atomic E-state index is 13.3. The summed E-state index contributed by atoms with van der Waals surface area (Å²) in [5.74, 6) is 1.36. The Morgan fingerprint density at radius 1 is 1.30 bits per heavy atom. The van der Waals surface area contributed by atoms with Crippen LogP contribution >= 0.6 is 0 Å². The predicted octanol–water partition coefficient (Wildman–Crippen LogP) is 2.15. The molecule has 1 aromatic heterocycles. The molecule has 0 amide bonds. The minimum atomic E-state index is -3.84. The third-order valence-electron chi connectivity index (χ3n) is 4.37. The van der Waals surface area contributed by atoms with Crippen LogP contribution in [0.2, 0.25) is 0 Å². The van der Waals surface area contributed by atoms with Crippen molar-refractivity contribution in [3.05, 3.63) is 29.9 Å². The normalized spacial score (nSPS) is 18.0. The Kier molecular flexibility index (Phi) is 5.98. The van der Waals surface area contributed by atoms with E-state index in [0.29, 0.717) is 43.5 Å². The lowest BCUT2D eigenvalue weighted by atomic mass is 10.2. The molecule has 1 atom stereocenters. The lowest BCUT2D eigenvalue weighted by molar-refractivity contribution is 0.109. The van der Waals surface area contributed by atoms with Crippen molar-refractivity contribution in [1.29, 1.82) is 0 Å². The van der Waals surface area contributed by atoms with E-state index < -0.39 is 16.1 Å². The smallest absolute Gasteiger partial charge is 0.252 e. The standard InChI is InChI=1S/C17H23N3O6S/c1-4-25-11-16-18-17(19-26-16)13-6-5-9-20(13)27(21,22)15-10-12(23-2)7-8-14(15)24-3/h7-8,10,13H,4-6,9,11H2,1-3H3/t13-/m0/s1. The Bertz CT molecular complexity index is 883. The highest BCUT2D eigenvalue weighted by Crippen LogP contribution is 2.38. The van der Waals surface area contributed by atoms with E-state index in [4.69, 9.17) is 18.7 Å². The average Bonchev–Trinajstić information content (AvgIpc) is 3.35. The quantitative estimate of drug-likeness (QED) is 0.667. The zero-order valence-corrected chi connectivity index (χ0v) is 16.4. The molecule has 0 radical (unpaired) electrons. The summed E-state index contributed by atoms with van der Waals surface area (Å²) in [4.78, 5) is 4.35. The summed E-state index contributed by atoms with van der Waals surface area (Å²) >= 11 is 0. The topological polar surface area (TPSA) is 104 Å². The fourth-order valence-corrected chi connectivity index (χ4v) is 4.88. The monoisotopic (exact) mass is 397 g/mol. The SMILES string of the molecule is CCOCc1nc([C@@H]2CCCN2S(=O)(=O)c2cc(OC)ccc2OC)no1. The number of hydrogen-bond donors (Lipinski definition) is 0. The van der Waals surface area contributed by atoms with Crippen LogP contribution in [0.1, 0.15) is 37.5 Å². The van der Waals surface area contributed by atoms with Gasteiger partial charge in [0.1, 0.15) is 23.0 Å². The summed E-state index contributed by atoms with van der Waals surface area (Å²) in [6.45, 7) is 2.96.